The molecule has 0 radical (unpaired) electrons. The first kappa shape index (κ1) is 18.9. The second-order valence-electron chi connectivity index (χ2n) is 5.32. The predicted molar refractivity (Wildman–Crippen MR) is 82.0 cm³/mol. The number of amides is 2. The fourth-order valence-electron chi connectivity index (χ4n) is 2.12. The lowest BCUT2D eigenvalue weighted by atomic mass is 10.1. The zero-order valence-electron chi connectivity index (χ0n) is 12.8. The van der Waals surface area contributed by atoms with E-state index < -0.39 is 11.9 Å². The van der Waals surface area contributed by atoms with E-state index in [1.54, 1.807) is 0 Å². The van der Waals surface area contributed by atoms with Crippen LogP contribution in [-0.2, 0) is 9.59 Å². The Balaban J connectivity index is 3.66. The maximum Gasteiger partial charge on any atom is 0.240 e. The highest BCUT2D eigenvalue weighted by atomic mass is 16.2. The summed E-state index contributed by atoms with van der Waals surface area (Å²) in [6.45, 7) is 2.70. The van der Waals surface area contributed by atoms with Crippen LogP contribution in [0, 0.1) is 0 Å². The highest BCUT2D eigenvalue weighted by Gasteiger charge is 2.16. The third-order valence-corrected chi connectivity index (χ3v) is 3.38. The summed E-state index contributed by atoms with van der Waals surface area (Å²) in [5.41, 5.74) is 10.6. The van der Waals surface area contributed by atoms with Gasteiger partial charge in [-0.1, -0.05) is 45.4 Å². The van der Waals surface area contributed by atoms with Gasteiger partial charge in [-0.05, 0) is 25.8 Å². The van der Waals surface area contributed by atoms with Crippen LogP contribution in [0.4, 0.5) is 0 Å². The van der Waals surface area contributed by atoms with Crippen molar-refractivity contribution in [3.05, 3.63) is 0 Å². The van der Waals surface area contributed by atoms with E-state index in [0.717, 1.165) is 12.8 Å². The molecule has 20 heavy (non-hydrogen) atoms. The van der Waals surface area contributed by atoms with Crippen molar-refractivity contribution < 1.29 is 9.59 Å². The zero-order chi connectivity index (χ0) is 15.2. The summed E-state index contributed by atoms with van der Waals surface area (Å²) < 4.78 is 0. The van der Waals surface area contributed by atoms with Crippen LogP contribution >= 0.6 is 0 Å². The molecule has 0 rings (SSSR count). The molecule has 118 valence electrons. The summed E-state index contributed by atoms with van der Waals surface area (Å²) >= 11 is 0. The van der Waals surface area contributed by atoms with Crippen LogP contribution in [0.2, 0.25) is 0 Å². The second-order valence-corrected chi connectivity index (χ2v) is 5.32. The molecule has 0 saturated heterocycles. The molecule has 0 spiro atoms. The molecule has 0 fully saturated rings. The summed E-state index contributed by atoms with van der Waals surface area (Å²) in [6, 6.07) is -0.574. The molecule has 5 heteroatoms. The number of hydrogen-bond donors (Lipinski definition) is 3. The maximum atomic E-state index is 11.7. The topological polar surface area (TPSA) is 98.2 Å². The van der Waals surface area contributed by atoms with Gasteiger partial charge in [0.15, 0.2) is 0 Å². The highest BCUT2D eigenvalue weighted by molar-refractivity contribution is 5.86. The molecule has 0 heterocycles. The molecular formula is C15H31N3O2. The lowest BCUT2D eigenvalue weighted by molar-refractivity contribution is -0.127. The molecule has 0 aliphatic heterocycles. The van der Waals surface area contributed by atoms with Crippen LogP contribution in [0.5, 0.6) is 0 Å². The lowest BCUT2D eigenvalue weighted by Crippen LogP contribution is -2.44. The van der Waals surface area contributed by atoms with Gasteiger partial charge in [-0.25, -0.2) is 0 Å². The molecule has 0 aliphatic rings. The largest absolute Gasteiger partial charge is 0.368 e. The number of unbranched alkanes of at least 4 members (excludes halogenated alkanes) is 6. The Hall–Kier alpha value is -1.10. The summed E-state index contributed by atoms with van der Waals surface area (Å²) in [5, 5.41) is 2.69. The summed E-state index contributed by atoms with van der Waals surface area (Å²) in [6.07, 6.45) is 9.88. The summed E-state index contributed by atoms with van der Waals surface area (Å²) in [5.74, 6) is -0.564. The minimum absolute atomic E-state index is 0.0839. The molecule has 0 aromatic rings. The standard InChI is InChI=1S/C15H31N3O2/c1-2-3-4-5-6-7-8-11-14(19)18-13(15(17)20)10-9-12-16/h13H,2-12,16H2,1H3,(H2,17,20)(H,18,19)/t13-/m0/s1. The minimum Gasteiger partial charge on any atom is -0.368 e. The number of hydrogen-bond acceptors (Lipinski definition) is 3. The van der Waals surface area contributed by atoms with E-state index in [1.807, 2.05) is 0 Å². The first-order valence-electron chi connectivity index (χ1n) is 7.90. The van der Waals surface area contributed by atoms with Crippen LogP contribution in [0.15, 0.2) is 0 Å². The molecule has 5 nitrogen and oxygen atoms in total. The highest BCUT2D eigenvalue weighted by Crippen LogP contribution is 2.08. The number of nitrogens with two attached hydrogens (primary N) is 2. The Morgan fingerprint density at radius 3 is 2.15 bits per heavy atom. The van der Waals surface area contributed by atoms with Crippen molar-refractivity contribution in [1.82, 2.24) is 5.32 Å². The van der Waals surface area contributed by atoms with Gasteiger partial charge in [-0.15, -0.1) is 0 Å². The smallest absolute Gasteiger partial charge is 0.240 e. The molecule has 0 unspecified atom stereocenters. The van der Waals surface area contributed by atoms with Crippen LogP contribution in [0.25, 0.3) is 0 Å². The molecular weight excluding hydrogens is 254 g/mol. The van der Waals surface area contributed by atoms with Crippen LogP contribution < -0.4 is 16.8 Å². The lowest BCUT2D eigenvalue weighted by Gasteiger charge is -2.14. The molecule has 0 aliphatic carbocycles. The third kappa shape index (κ3) is 10.8. The van der Waals surface area contributed by atoms with E-state index in [-0.39, 0.29) is 5.91 Å². The fourth-order valence-corrected chi connectivity index (χ4v) is 2.12. The van der Waals surface area contributed by atoms with Gasteiger partial charge >= 0.3 is 0 Å². The van der Waals surface area contributed by atoms with Gasteiger partial charge in [0.2, 0.25) is 11.8 Å². The summed E-state index contributed by atoms with van der Waals surface area (Å²) in [7, 11) is 0. The maximum absolute atomic E-state index is 11.7. The molecule has 0 saturated carbocycles. The number of nitrogens with one attached hydrogen (secondary N) is 1. The quantitative estimate of drug-likeness (QED) is 0.450. The van der Waals surface area contributed by atoms with E-state index in [4.69, 9.17) is 11.5 Å². The van der Waals surface area contributed by atoms with E-state index in [0.29, 0.717) is 25.8 Å². The molecule has 0 bridgehead atoms. The molecule has 1 atom stereocenters. The van der Waals surface area contributed by atoms with Crippen molar-refractivity contribution in [3.63, 3.8) is 0 Å². The van der Waals surface area contributed by atoms with Crippen LogP contribution in [0.3, 0.4) is 0 Å². The Bertz CT molecular complexity index is 270. The van der Waals surface area contributed by atoms with E-state index in [1.165, 1.54) is 32.1 Å². The first-order valence-corrected chi connectivity index (χ1v) is 7.90. The average Bonchev–Trinajstić information content (AvgIpc) is 2.42. The Labute approximate surface area is 122 Å². The number of carbonyl (C=O) groups excluding carboxylic acids is 2. The minimum atomic E-state index is -0.574. The van der Waals surface area contributed by atoms with E-state index in [2.05, 4.69) is 12.2 Å². The van der Waals surface area contributed by atoms with Gasteiger partial charge in [-0.3, -0.25) is 9.59 Å². The number of rotatable bonds is 13. The Morgan fingerprint density at radius 1 is 1.00 bits per heavy atom. The third-order valence-electron chi connectivity index (χ3n) is 3.38. The van der Waals surface area contributed by atoms with Gasteiger partial charge in [0.1, 0.15) is 6.04 Å². The van der Waals surface area contributed by atoms with Gasteiger partial charge in [0.25, 0.3) is 0 Å². The van der Waals surface area contributed by atoms with Crippen molar-refractivity contribution in [2.24, 2.45) is 11.5 Å². The van der Waals surface area contributed by atoms with Gasteiger partial charge < -0.3 is 16.8 Å². The predicted octanol–water partition coefficient (Wildman–Crippen LogP) is 1.84. The van der Waals surface area contributed by atoms with Gasteiger partial charge in [0.05, 0.1) is 0 Å². The SMILES string of the molecule is CCCCCCCCCC(=O)N[C@@H](CCCN)C(N)=O. The van der Waals surface area contributed by atoms with Crippen molar-refractivity contribution >= 4 is 11.8 Å². The van der Waals surface area contributed by atoms with Gasteiger partial charge in [-0.2, -0.15) is 0 Å². The van der Waals surface area contributed by atoms with Crippen molar-refractivity contribution in [2.45, 2.75) is 77.2 Å². The first-order chi connectivity index (χ1) is 9.61. The fraction of sp³-hybridized carbons (Fsp3) is 0.867. The van der Waals surface area contributed by atoms with Crippen molar-refractivity contribution in [3.8, 4) is 0 Å². The molecule has 5 N–H and O–H groups in total. The normalized spacial score (nSPS) is 12.1. The van der Waals surface area contributed by atoms with E-state index in [9.17, 15) is 9.59 Å². The van der Waals surface area contributed by atoms with Crippen LogP contribution in [-0.4, -0.2) is 24.4 Å². The Kier molecular flexibility index (Phi) is 12.2. The average molecular weight is 285 g/mol. The Morgan fingerprint density at radius 2 is 1.60 bits per heavy atom. The molecule has 0 aromatic heterocycles. The second kappa shape index (κ2) is 12.9. The van der Waals surface area contributed by atoms with Gasteiger partial charge in [0, 0.05) is 6.42 Å². The molecule has 0 aromatic carbocycles. The number of primary amides is 1. The zero-order valence-corrected chi connectivity index (χ0v) is 12.8. The monoisotopic (exact) mass is 285 g/mol. The van der Waals surface area contributed by atoms with E-state index >= 15 is 0 Å². The van der Waals surface area contributed by atoms with Crippen molar-refractivity contribution in [1.29, 1.82) is 0 Å². The number of carbonyl (C=O) groups is 2. The summed E-state index contributed by atoms with van der Waals surface area (Å²) in [4.78, 5) is 22.9. The van der Waals surface area contributed by atoms with Crippen molar-refractivity contribution in [2.75, 3.05) is 6.54 Å². The molecule has 2 amide bonds. The van der Waals surface area contributed by atoms with Crippen LogP contribution in [0.1, 0.15) is 71.1 Å².